The number of hydrogen-bond acceptors (Lipinski definition) is 2. The van der Waals surface area contributed by atoms with Gasteiger partial charge in [0.2, 0.25) is 0 Å². The number of aryl methyl sites for hydroxylation is 1. The second kappa shape index (κ2) is 2.62. The van der Waals surface area contributed by atoms with E-state index in [2.05, 4.69) is 0 Å². The topological polar surface area (TPSA) is 50.4 Å². The number of carboxylic acid groups (broad SMARTS) is 1. The monoisotopic (exact) mass is 180 g/mol. The largest absolute Gasteiger partial charge is 0.481 e. The van der Waals surface area contributed by atoms with E-state index in [4.69, 9.17) is 9.52 Å². The van der Waals surface area contributed by atoms with Crippen LogP contribution < -0.4 is 0 Å². The van der Waals surface area contributed by atoms with Crippen LogP contribution in [0.25, 0.3) is 0 Å². The van der Waals surface area contributed by atoms with E-state index in [0.29, 0.717) is 6.42 Å². The molecule has 1 saturated carbocycles. The van der Waals surface area contributed by atoms with Gasteiger partial charge in [0.25, 0.3) is 0 Å². The van der Waals surface area contributed by atoms with Gasteiger partial charge in [0.1, 0.15) is 5.76 Å². The molecule has 1 aromatic rings. The smallest absolute Gasteiger partial charge is 0.309 e. The van der Waals surface area contributed by atoms with E-state index in [1.165, 1.54) is 0 Å². The standard InChI is InChI=1S/C10H12O3/c1-7-8(2-5-13-7)6-10(3-4-10)9(11)12/h2,5H,3-4,6H2,1H3,(H,11,12). The molecule has 0 aliphatic heterocycles. The summed E-state index contributed by atoms with van der Waals surface area (Å²) in [6.45, 7) is 1.87. The molecule has 1 heterocycles. The molecule has 1 aliphatic rings. The van der Waals surface area contributed by atoms with Crippen molar-refractivity contribution in [3.05, 3.63) is 23.7 Å². The Kier molecular flexibility index (Phi) is 1.68. The summed E-state index contributed by atoms with van der Waals surface area (Å²) >= 11 is 0. The Balaban J connectivity index is 2.15. The van der Waals surface area contributed by atoms with Gasteiger partial charge in [-0.1, -0.05) is 0 Å². The lowest BCUT2D eigenvalue weighted by Crippen LogP contribution is -2.17. The summed E-state index contributed by atoms with van der Waals surface area (Å²) in [5.74, 6) is 0.167. The Hall–Kier alpha value is -1.25. The highest BCUT2D eigenvalue weighted by Crippen LogP contribution is 2.48. The summed E-state index contributed by atoms with van der Waals surface area (Å²) in [5.41, 5.74) is 0.550. The van der Waals surface area contributed by atoms with Crippen molar-refractivity contribution in [3.63, 3.8) is 0 Å². The Bertz CT molecular complexity index is 334. The maximum Gasteiger partial charge on any atom is 0.309 e. The van der Waals surface area contributed by atoms with Crippen molar-refractivity contribution in [3.8, 4) is 0 Å². The highest BCUT2D eigenvalue weighted by atomic mass is 16.4. The Morgan fingerprint density at radius 3 is 2.77 bits per heavy atom. The van der Waals surface area contributed by atoms with Crippen LogP contribution in [-0.4, -0.2) is 11.1 Å². The zero-order valence-electron chi connectivity index (χ0n) is 7.54. The molecule has 1 aromatic heterocycles. The van der Waals surface area contributed by atoms with Gasteiger partial charge in [0.05, 0.1) is 11.7 Å². The summed E-state index contributed by atoms with van der Waals surface area (Å²) in [7, 11) is 0. The van der Waals surface area contributed by atoms with E-state index in [1.54, 1.807) is 6.26 Å². The predicted molar refractivity (Wildman–Crippen MR) is 46.5 cm³/mol. The Morgan fingerprint density at radius 1 is 1.69 bits per heavy atom. The zero-order chi connectivity index (χ0) is 9.47. The van der Waals surface area contributed by atoms with Crippen molar-refractivity contribution in [1.82, 2.24) is 0 Å². The summed E-state index contributed by atoms with van der Waals surface area (Å²) < 4.78 is 5.12. The molecule has 0 bridgehead atoms. The fourth-order valence-corrected chi connectivity index (χ4v) is 1.58. The van der Waals surface area contributed by atoms with Gasteiger partial charge >= 0.3 is 5.97 Å². The fraction of sp³-hybridized carbons (Fsp3) is 0.500. The van der Waals surface area contributed by atoms with Gasteiger partial charge in [-0.25, -0.2) is 0 Å². The highest BCUT2D eigenvalue weighted by Gasteiger charge is 2.50. The normalized spacial score (nSPS) is 18.5. The summed E-state index contributed by atoms with van der Waals surface area (Å²) in [5, 5.41) is 8.96. The maximum absolute atomic E-state index is 10.9. The first-order valence-corrected chi connectivity index (χ1v) is 4.40. The number of hydrogen-bond donors (Lipinski definition) is 1. The van der Waals surface area contributed by atoms with Crippen LogP contribution in [-0.2, 0) is 11.2 Å². The molecule has 0 spiro atoms. The van der Waals surface area contributed by atoms with Crippen molar-refractivity contribution in [2.75, 3.05) is 0 Å². The lowest BCUT2D eigenvalue weighted by molar-refractivity contribution is -0.143. The van der Waals surface area contributed by atoms with Crippen molar-refractivity contribution in [2.45, 2.75) is 26.2 Å². The summed E-state index contributed by atoms with van der Waals surface area (Å²) in [6, 6.07) is 1.86. The molecule has 2 rings (SSSR count). The van der Waals surface area contributed by atoms with Crippen LogP contribution in [0.1, 0.15) is 24.2 Å². The Morgan fingerprint density at radius 2 is 2.38 bits per heavy atom. The second-order valence-corrected chi connectivity index (χ2v) is 3.76. The van der Waals surface area contributed by atoms with Crippen LogP contribution in [0.15, 0.2) is 16.7 Å². The van der Waals surface area contributed by atoms with Crippen LogP contribution >= 0.6 is 0 Å². The third-order valence-corrected chi connectivity index (χ3v) is 2.80. The van der Waals surface area contributed by atoms with Crippen LogP contribution in [0.5, 0.6) is 0 Å². The molecule has 1 fully saturated rings. The number of carboxylic acids is 1. The molecule has 0 saturated heterocycles. The number of furan rings is 1. The average molecular weight is 180 g/mol. The first-order valence-electron chi connectivity index (χ1n) is 4.40. The van der Waals surface area contributed by atoms with E-state index in [1.807, 2.05) is 13.0 Å². The third-order valence-electron chi connectivity index (χ3n) is 2.80. The summed E-state index contributed by atoms with van der Waals surface area (Å²) in [6.07, 6.45) is 3.83. The lowest BCUT2D eigenvalue weighted by atomic mass is 9.97. The van der Waals surface area contributed by atoms with E-state index in [0.717, 1.165) is 24.2 Å². The van der Waals surface area contributed by atoms with Gasteiger partial charge in [-0.05, 0) is 37.8 Å². The van der Waals surface area contributed by atoms with Gasteiger partial charge in [-0.2, -0.15) is 0 Å². The van der Waals surface area contributed by atoms with E-state index in [9.17, 15) is 4.79 Å². The SMILES string of the molecule is Cc1occc1CC1(C(=O)O)CC1. The molecule has 0 radical (unpaired) electrons. The van der Waals surface area contributed by atoms with Crippen LogP contribution in [0, 0.1) is 12.3 Å². The fourth-order valence-electron chi connectivity index (χ4n) is 1.58. The molecular weight excluding hydrogens is 168 g/mol. The molecule has 0 aromatic carbocycles. The number of rotatable bonds is 3. The molecule has 1 aliphatic carbocycles. The van der Waals surface area contributed by atoms with Crippen LogP contribution in [0.4, 0.5) is 0 Å². The van der Waals surface area contributed by atoms with Gasteiger partial charge in [-0.3, -0.25) is 4.79 Å². The third kappa shape index (κ3) is 1.34. The van der Waals surface area contributed by atoms with Gasteiger partial charge in [-0.15, -0.1) is 0 Å². The molecule has 0 amide bonds. The molecule has 3 heteroatoms. The van der Waals surface area contributed by atoms with Crippen LogP contribution in [0.2, 0.25) is 0 Å². The molecule has 1 N–H and O–H groups in total. The van der Waals surface area contributed by atoms with E-state index in [-0.39, 0.29) is 0 Å². The Labute approximate surface area is 76.4 Å². The zero-order valence-corrected chi connectivity index (χ0v) is 7.54. The second-order valence-electron chi connectivity index (χ2n) is 3.76. The number of aliphatic carboxylic acids is 1. The van der Waals surface area contributed by atoms with Crippen molar-refractivity contribution < 1.29 is 14.3 Å². The first kappa shape index (κ1) is 8.35. The van der Waals surface area contributed by atoms with E-state index >= 15 is 0 Å². The average Bonchev–Trinajstić information content (AvgIpc) is 2.74. The minimum absolute atomic E-state index is 0.478. The van der Waals surface area contributed by atoms with Crippen molar-refractivity contribution in [2.24, 2.45) is 5.41 Å². The van der Waals surface area contributed by atoms with E-state index < -0.39 is 11.4 Å². The molecule has 13 heavy (non-hydrogen) atoms. The summed E-state index contributed by atoms with van der Waals surface area (Å²) in [4.78, 5) is 10.9. The molecular formula is C10H12O3. The first-order chi connectivity index (χ1) is 6.14. The quantitative estimate of drug-likeness (QED) is 0.773. The van der Waals surface area contributed by atoms with Crippen LogP contribution in [0.3, 0.4) is 0 Å². The lowest BCUT2D eigenvalue weighted by Gasteiger charge is -2.07. The minimum Gasteiger partial charge on any atom is -0.481 e. The highest BCUT2D eigenvalue weighted by molar-refractivity contribution is 5.78. The molecule has 0 atom stereocenters. The van der Waals surface area contributed by atoms with Crippen molar-refractivity contribution in [1.29, 1.82) is 0 Å². The number of carbonyl (C=O) groups is 1. The minimum atomic E-state index is -0.673. The molecule has 3 nitrogen and oxygen atoms in total. The van der Waals surface area contributed by atoms with Crippen molar-refractivity contribution >= 4 is 5.97 Å². The van der Waals surface area contributed by atoms with Gasteiger partial charge in [0.15, 0.2) is 0 Å². The molecule has 0 unspecified atom stereocenters. The van der Waals surface area contributed by atoms with Gasteiger partial charge < -0.3 is 9.52 Å². The molecule has 70 valence electrons. The predicted octanol–water partition coefficient (Wildman–Crippen LogP) is 2.00. The maximum atomic E-state index is 10.9. The van der Waals surface area contributed by atoms with Gasteiger partial charge in [0, 0.05) is 0 Å².